The van der Waals surface area contributed by atoms with Crippen LogP contribution in [0.3, 0.4) is 0 Å². The molecule has 4 heterocycles. The number of fused-ring (bicyclic) bond motifs is 12. The fraction of sp³-hybridized carbons (Fsp3) is 0.222. The molecule has 113 heavy (non-hydrogen) atoms. The number of hydrogen-bond donors (Lipinski definition) is 0. The van der Waals surface area contributed by atoms with Crippen LogP contribution in [0.2, 0.25) is 0 Å². The van der Waals surface area contributed by atoms with E-state index >= 15 is 0 Å². The van der Waals surface area contributed by atoms with E-state index in [1.54, 1.807) is 0 Å². The molecule has 554 valence electrons. The van der Waals surface area contributed by atoms with Gasteiger partial charge >= 0.3 is 0 Å². The van der Waals surface area contributed by atoms with Crippen LogP contribution in [0.15, 0.2) is 297 Å². The predicted molar refractivity (Wildman–Crippen MR) is 484 cm³/mol. The molecule has 0 saturated carbocycles. The summed E-state index contributed by atoms with van der Waals surface area (Å²) in [5.41, 5.74) is 38.3. The monoisotopic (exact) mass is 1460 g/mol. The van der Waals surface area contributed by atoms with E-state index in [0.717, 1.165) is 57.3 Å². The Bertz CT molecular complexity index is 6380. The summed E-state index contributed by atoms with van der Waals surface area (Å²) in [5, 5.41) is 4.95. The van der Waals surface area contributed by atoms with Crippen molar-refractivity contribution in [3.05, 3.63) is 331 Å². The molecule has 16 aromatic rings. The van der Waals surface area contributed by atoms with Crippen molar-refractivity contribution < 1.29 is 0 Å². The zero-order chi connectivity index (χ0) is 77.6. The Morgan fingerprint density at radius 2 is 0.549 bits per heavy atom. The number of anilines is 6. The summed E-state index contributed by atoms with van der Waals surface area (Å²) in [6, 6.07) is 115. The molecule has 0 radical (unpaired) electrons. The normalized spacial score (nSPS) is 15.8. The maximum Gasteiger partial charge on any atom is 0.252 e. The molecule has 14 aromatic carbocycles. The third kappa shape index (κ3) is 11.5. The van der Waals surface area contributed by atoms with E-state index in [-0.39, 0.29) is 39.2 Å². The second kappa shape index (κ2) is 25.4. The van der Waals surface area contributed by atoms with Crippen molar-refractivity contribution in [3.8, 4) is 67.0 Å². The Balaban J connectivity index is 0.873. The van der Waals surface area contributed by atoms with Gasteiger partial charge in [0.25, 0.3) is 6.71 Å². The molecule has 0 bridgehead atoms. The molecular formula is C108H99BN4. The molecule has 0 saturated heterocycles. The molecule has 0 amide bonds. The predicted octanol–water partition coefficient (Wildman–Crippen LogP) is 27.6. The van der Waals surface area contributed by atoms with Gasteiger partial charge in [0, 0.05) is 61.4 Å². The maximum atomic E-state index is 2.65. The van der Waals surface area contributed by atoms with Crippen LogP contribution in [-0.4, -0.2) is 15.8 Å². The van der Waals surface area contributed by atoms with Crippen molar-refractivity contribution in [1.82, 2.24) is 9.13 Å². The third-order valence-corrected chi connectivity index (χ3v) is 26.8. The minimum atomic E-state index is -0.183. The van der Waals surface area contributed by atoms with Crippen LogP contribution in [0.5, 0.6) is 0 Å². The fourth-order valence-corrected chi connectivity index (χ4v) is 19.9. The number of hydrogen-bond acceptors (Lipinski definition) is 2. The van der Waals surface area contributed by atoms with Crippen LogP contribution >= 0.6 is 0 Å². The zero-order valence-electron chi connectivity index (χ0n) is 68.0. The van der Waals surface area contributed by atoms with Gasteiger partial charge in [-0.15, -0.1) is 0 Å². The maximum absolute atomic E-state index is 2.65. The second-order valence-corrected chi connectivity index (χ2v) is 37.9. The summed E-state index contributed by atoms with van der Waals surface area (Å²) in [6.07, 6.45) is 4.69. The minimum absolute atomic E-state index is 0.0652. The van der Waals surface area contributed by atoms with E-state index in [2.05, 4.69) is 413 Å². The van der Waals surface area contributed by atoms with E-state index in [0.29, 0.717) is 0 Å². The average Bonchev–Trinajstić information content (AvgIpc) is 1.44. The molecule has 2 aliphatic heterocycles. The van der Waals surface area contributed by atoms with E-state index in [9.17, 15) is 0 Å². The molecule has 0 atom stereocenters. The Kier molecular flexibility index (Phi) is 15.9. The molecule has 0 spiro atoms. The molecule has 0 fully saturated rings. The SMILES string of the molecule is CC(C)(C)c1ccc2c(c1)c1cc(C(C)(C)C)ccc1n2-c1cc2c3c(c1)N(c1ccc(-c4ccc5c(c4)C(C)(C)CCC5(C)C)cc1)c1cc(-n4c5ccc(-c6ccccc6)cc5c5cc(-c6ccccc6)ccc54)ccc1B3c1ccc(-c3ccccc3)cc1N2c1ccc(-c2ccc3c(c2)C(C)(C)CCC3(C)C)cc1. The summed E-state index contributed by atoms with van der Waals surface area (Å²) >= 11 is 0. The van der Waals surface area contributed by atoms with Gasteiger partial charge in [-0.1, -0.05) is 291 Å². The van der Waals surface area contributed by atoms with Crippen LogP contribution in [-0.2, 0) is 32.5 Å². The topological polar surface area (TPSA) is 16.3 Å². The number of nitrogens with zero attached hydrogens (tertiary/aromatic N) is 4. The summed E-state index contributed by atoms with van der Waals surface area (Å²) in [5.74, 6) is 0. The second-order valence-electron chi connectivity index (χ2n) is 37.9. The minimum Gasteiger partial charge on any atom is -0.311 e. The zero-order valence-corrected chi connectivity index (χ0v) is 68.0. The van der Waals surface area contributed by atoms with Gasteiger partial charge in [-0.3, -0.25) is 0 Å². The van der Waals surface area contributed by atoms with E-state index in [1.165, 1.54) is 163 Å². The fourth-order valence-electron chi connectivity index (χ4n) is 19.9. The number of aromatic nitrogens is 2. The van der Waals surface area contributed by atoms with Crippen molar-refractivity contribution in [2.45, 2.75) is 155 Å². The Morgan fingerprint density at radius 3 is 0.965 bits per heavy atom. The van der Waals surface area contributed by atoms with Gasteiger partial charge < -0.3 is 18.9 Å². The molecule has 0 N–H and O–H groups in total. The van der Waals surface area contributed by atoms with Crippen LogP contribution in [0.25, 0.3) is 111 Å². The lowest BCUT2D eigenvalue weighted by atomic mass is 9.33. The highest BCUT2D eigenvalue weighted by Gasteiger charge is 2.46. The first-order valence-corrected chi connectivity index (χ1v) is 41.1. The highest BCUT2D eigenvalue weighted by molar-refractivity contribution is 7.00. The smallest absolute Gasteiger partial charge is 0.252 e. The summed E-state index contributed by atoms with van der Waals surface area (Å²) in [6.45, 7) is 33.4. The highest BCUT2D eigenvalue weighted by Crippen LogP contribution is 2.53. The highest BCUT2D eigenvalue weighted by atomic mass is 15.2. The van der Waals surface area contributed by atoms with Crippen molar-refractivity contribution in [2.24, 2.45) is 0 Å². The lowest BCUT2D eigenvalue weighted by molar-refractivity contribution is 0.332. The molecular weight excluding hydrogens is 1360 g/mol. The van der Waals surface area contributed by atoms with Gasteiger partial charge in [-0.25, -0.2) is 0 Å². The van der Waals surface area contributed by atoms with Crippen LogP contribution < -0.4 is 26.2 Å². The van der Waals surface area contributed by atoms with Gasteiger partial charge in [0.2, 0.25) is 0 Å². The molecule has 4 nitrogen and oxygen atoms in total. The lowest BCUT2D eigenvalue weighted by Gasteiger charge is -2.44. The quantitative estimate of drug-likeness (QED) is 0.134. The Morgan fingerprint density at radius 1 is 0.248 bits per heavy atom. The van der Waals surface area contributed by atoms with Crippen molar-refractivity contribution in [1.29, 1.82) is 0 Å². The first kappa shape index (κ1) is 70.5. The number of benzene rings is 14. The van der Waals surface area contributed by atoms with E-state index in [4.69, 9.17) is 0 Å². The van der Waals surface area contributed by atoms with E-state index < -0.39 is 0 Å². The third-order valence-electron chi connectivity index (χ3n) is 26.8. The molecule has 20 rings (SSSR count). The molecule has 5 heteroatoms. The first-order valence-electron chi connectivity index (χ1n) is 41.1. The summed E-state index contributed by atoms with van der Waals surface area (Å²) in [7, 11) is 0. The van der Waals surface area contributed by atoms with Crippen LogP contribution in [0, 0.1) is 0 Å². The molecule has 2 aliphatic carbocycles. The Labute approximate surface area is 668 Å². The van der Waals surface area contributed by atoms with Gasteiger partial charge in [0.15, 0.2) is 0 Å². The van der Waals surface area contributed by atoms with Crippen LogP contribution in [0.1, 0.15) is 156 Å². The molecule has 4 aliphatic rings. The Hall–Kier alpha value is -11.7. The molecule has 2 aromatic heterocycles. The number of rotatable bonds is 9. The van der Waals surface area contributed by atoms with E-state index in [1.807, 2.05) is 0 Å². The first-order chi connectivity index (χ1) is 54.2. The van der Waals surface area contributed by atoms with Gasteiger partial charge in [-0.2, -0.15) is 0 Å². The van der Waals surface area contributed by atoms with Gasteiger partial charge in [0.1, 0.15) is 0 Å². The average molecular weight is 1460 g/mol. The van der Waals surface area contributed by atoms with Crippen molar-refractivity contribution >= 4 is 101 Å². The van der Waals surface area contributed by atoms with Crippen LogP contribution in [0.4, 0.5) is 34.1 Å². The van der Waals surface area contributed by atoms with Crippen molar-refractivity contribution in [2.75, 3.05) is 9.80 Å². The summed E-state index contributed by atoms with van der Waals surface area (Å²) in [4.78, 5) is 5.29. The standard InChI is InChI=1S/C108H99BN4/c1-103(2,3)78-39-52-96-86(63-78)87-64-79(104(4,5)6)40-53-97(87)113(96)83-66-100-102-101(67-83)111(81-43-32-72(33-44-81)76-35-47-89-91(61-76)108(13,14)57-55-106(89,9)10)99-65-82(112-94-50-37-73(68-24-18-15-19-25-68)58-84(94)85-59-74(38-51-95(85)112)69-26-20-16-21-27-69)45-49-93(99)109(102)92-48-36-77(70-28-22-17-23-29-70)62-98(92)110(100)80-41-30-71(31-42-80)75-34-46-88-90(60-75)107(11,12)56-54-105(88,7)8/h15-53,58-67H,54-57H2,1-14H3. The lowest BCUT2D eigenvalue weighted by Crippen LogP contribution is -2.61. The van der Waals surface area contributed by atoms with Gasteiger partial charge in [0.05, 0.1) is 27.8 Å². The molecule has 0 unspecified atom stereocenters. The van der Waals surface area contributed by atoms with Gasteiger partial charge in [-0.05, 0) is 267 Å². The summed E-state index contributed by atoms with van der Waals surface area (Å²) < 4.78 is 5.14. The largest absolute Gasteiger partial charge is 0.311 e. The van der Waals surface area contributed by atoms with Crippen molar-refractivity contribution in [3.63, 3.8) is 0 Å².